The van der Waals surface area contributed by atoms with Crippen LogP contribution < -0.4 is 5.32 Å². The minimum atomic E-state index is 0.196. The molecule has 3 saturated heterocycles. The van der Waals surface area contributed by atoms with Gasteiger partial charge in [-0.15, -0.1) is 0 Å². The Hall–Kier alpha value is -1.10. The maximum Gasteiger partial charge on any atom is 0.234 e. The highest BCUT2D eigenvalue weighted by molar-refractivity contribution is 5.78. The van der Waals surface area contributed by atoms with E-state index in [2.05, 4.69) is 15.1 Å². The molecule has 3 aliphatic heterocycles. The first-order chi connectivity index (χ1) is 12.2. The van der Waals surface area contributed by atoms with Crippen LogP contribution in [-0.4, -0.2) is 60.4 Å². The Morgan fingerprint density at radius 1 is 1.04 bits per heavy atom. The van der Waals surface area contributed by atoms with Crippen molar-refractivity contribution in [2.45, 2.75) is 63.8 Å². The van der Waals surface area contributed by atoms with Crippen molar-refractivity contribution in [3.63, 3.8) is 0 Å². The lowest BCUT2D eigenvalue weighted by molar-refractivity contribution is -0.145. The number of nitrogens with zero attached hydrogens (tertiary/aromatic N) is 2. The standard InChI is InChI=1S/C20H33N3O2/c24-19(21-10-15-5-2-1-3-6-15)14-22-11-16-9-17(13-22)18-7-4-8-20(25)23(18)12-16/h15-18H,1-14H2,(H,21,24)/t16?,17?,18-/m1/s1. The van der Waals surface area contributed by atoms with Gasteiger partial charge in [-0.2, -0.15) is 0 Å². The Bertz CT molecular complexity index is 503. The Morgan fingerprint density at radius 3 is 2.72 bits per heavy atom. The predicted molar refractivity (Wildman–Crippen MR) is 97.0 cm³/mol. The van der Waals surface area contributed by atoms with Crippen LogP contribution in [0.25, 0.3) is 0 Å². The fraction of sp³-hybridized carbons (Fsp3) is 0.900. The summed E-state index contributed by atoms with van der Waals surface area (Å²) >= 11 is 0. The lowest BCUT2D eigenvalue weighted by Crippen LogP contribution is -2.61. The van der Waals surface area contributed by atoms with Gasteiger partial charge in [0.1, 0.15) is 0 Å². The number of amides is 2. The maximum absolute atomic E-state index is 12.4. The van der Waals surface area contributed by atoms with Gasteiger partial charge in [-0.05, 0) is 49.9 Å². The molecule has 4 fully saturated rings. The van der Waals surface area contributed by atoms with E-state index in [1.807, 2.05) is 0 Å². The number of hydrogen-bond donors (Lipinski definition) is 1. The number of carbonyl (C=O) groups is 2. The van der Waals surface area contributed by atoms with Gasteiger partial charge < -0.3 is 10.2 Å². The molecule has 4 rings (SSSR count). The Labute approximate surface area is 151 Å². The molecular weight excluding hydrogens is 314 g/mol. The Balaban J connectivity index is 1.26. The molecule has 2 bridgehead atoms. The summed E-state index contributed by atoms with van der Waals surface area (Å²) in [6.45, 7) is 4.29. The van der Waals surface area contributed by atoms with Gasteiger partial charge in [0, 0.05) is 38.6 Å². The molecule has 0 aromatic rings. The van der Waals surface area contributed by atoms with Crippen molar-refractivity contribution in [2.75, 3.05) is 32.7 Å². The highest BCUT2D eigenvalue weighted by Gasteiger charge is 2.44. The third-order valence-electron chi connectivity index (χ3n) is 6.94. The van der Waals surface area contributed by atoms with Crippen molar-refractivity contribution >= 4 is 11.8 Å². The van der Waals surface area contributed by atoms with Gasteiger partial charge in [-0.1, -0.05) is 19.3 Å². The third-order valence-corrected chi connectivity index (χ3v) is 6.94. The minimum Gasteiger partial charge on any atom is -0.355 e. The van der Waals surface area contributed by atoms with Crippen LogP contribution >= 0.6 is 0 Å². The van der Waals surface area contributed by atoms with Gasteiger partial charge in [0.15, 0.2) is 0 Å². The van der Waals surface area contributed by atoms with Gasteiger partial charge in [0.25, 0.3) is 0 Å². The summed E-state index contributed by atoms with van der Waals surface area (Å²) in [5.41, 5.74) is 0. The van der Waals surface area contributed by atoms with E-state index in [9.17, 15) is 9.59 Å². The zero-order valence-corrected chi connectivity index (χ0v) is 15.4. The van der Waals surface area contributed by atoms with E-state index in [0.717, 1.165) is 45.4 Å². The summed E-state index contributed by atoms with van der Waals surface area (Å²) in [4.78, 5) is 29.1. The largest absolute Gasteiger partial charge is 0.355 e. The predicted octanol–water partition coefficient (Wildman–Crippen LogP) is 2.02. The quantitative estimate of drug-likeness (QED) is 0.846. The molecule has 0 aromatic carbocycles. The molecule has 1 N–H and O–H groups in total. The summed E-state index contributed by atoms with van der Waals surface area (Å²) in [6.07, 6.45) is 10.8. The van der Waals surface area contributed by atoms with E-state index in [4.69, 9.17) is 0 Å². The normalized spacial score (nSPS) is 33.8. The van der Waals surface area contributed by atoms with Gasteiger partial charge in [-0.3, -0.25) is 14.5 Å². The first kappa shape index (κ1) is 17.3. The lowest BCUT2D eigenvalue weighted by Gasteiger charge is -2.52. The summed E-state index contributed by atoms with van der Waals surface area (Å²) in [5, 5.41) is 3.18. The molecular formula is C20H33N3O2. The second-order valence-electron chi connectivity index (χ2n) is 8.87. The summed E-state index contributed by atoms with van der Waals surface area (Å²) in [6, 6.07) is 0.436. The van der Waals surface area contributed by atoms with Gasteiger partial charge in [-0.25, -0.2) is 0 Å². The number of nitrogens with one attached hydrogen (secondary N) is 1. The fourth-order valence-corrected chi connectivity index (χ4v) is 5.75. The van der Waals surface area contributed by atoms with Crippen molar-refractivity contribution in [1.82, 2.24) is 15.1 Å². The molecule has 5 nitrogen and oxygen atoms in total. The molecule has 0 spiro atoms. The van der Waals surface area contributed by atoms with Crippen molar-refractivity contribution in [2.24, 2.45) is 17.8 Å². The minimum absolute atomic E-state index is 0.196. The number of piperidine rings is 3. The van der Waals surface area contributed by atoms with E-state index in [-0.39, 0.29) is 5.91 Å². The Morgan fingerprint density at radius 2 is 1.88 bits per heavy atom. The lowest BCUT2D eigenvalue weighted by atomic mass is 9.76. The number of hydrogen-bond acceptors (Lipinski definition) is 3. The average Bonchev–Trinajstić information content (AvgIpc) is 2.62. The van der Waals surface area contributed by atoms with Crippen LogP contribution in [0.5, 0.6) is 0 Å². The molecule has 2 amide bonds. The van der Waals surface area contributed by atoms with E-state index in [1.165, 1.54) is 38.5 Å². The first-order valence-corrected chi connectivity index (χ1v) is 10.5. The zero-order chi connectivity index (χ0) is 17.2. The summed E-state index contributed by atoms with van der Waals surface area (Å²) in [7, 11) is 0. The van der Waals surface area contributed by atoms with Crippen molar-refractivity contribution in [3.05, 3.63) is 0 Å². The molecule has 1 aliphatic carbocycles. The van der Waals surface area contributed by atoms with Crippen LogP contribution in [0.2, 0.25) is 0 Å². The second-order valence-corrected chi connectivity index (χ2v) is 8.87. The topological polar surface area (TPSA) is 52.7 Å². The zero-order valence-electron chi connectivity index (χ0n) is 15.4. The van der Waals surface area contributed by atoms with E-state index in [1.54, 1.807) is 0 Å². The molecule has 2 unspecified atom stereocenters. The molecule has 3 heterocycles. The third kappa shape index (κ3) is 4.02. The molecule has 140 valence electrons. The fourth-order valence-electron chi connectivity index (χ4n) is 5.75. The van der Waals surface area contributed by atoms with Crippen molar-refractivity contribution < 1.29 is 9.59 Å². The molecule has 4 aliphatic rings. The van der Waals surface area contributed by atoms with Gasteiger partial charge >= 0.3 is 0 Å². The monoisotopic (exact) mass is 347 g/mol. The van der Waals surface area contributed by atoms with Gasteiger partial charge in [0.2, 0.25) is 11.8 Å². The number of rotatable bonds is 4. The molecule has 1 saturated carbocycles. The second kappa shape index (κ2) is 7.65. The highest BCUT2D eigenvalue weighted by atomic mass is 16.2. The molecule has 5 heteroatoms. The maximum atomic E-state index is 12.4. The summed E-state index contributed by atoms with van der Waals surface area (Å²) in [5.74, 6) is 2.39. The number of likely N-dealkylation sites (tertiary alicyclic amines) is 1. The molecule has 3 atom stereocenters. The SMILES string of the molecule is O=C(CN1CC2CC(C1)[C@H]1CCCC(=O)N1C2)NCC1CCCCC1. The van der Waals surface area contributed by atoms with Crippen LogP contribution in [-0.2, 0) is 9.59 Å². The van der Waals surface area contributed by atoms with E-state index in [0.29, 0.717) is 36.2 Å². The van der Waals surface area contributed by atoms with Crippen molar-refractivity contribution in [1.29, 1.82) is 0 Å². The van der Waals surface area contributed by atoms with Crippen LogP contribution in [0.4, 0.5) is 0 Å². The van der Waals surface area contributed by atoms with Crippen LogP contribution in [0.3, 0.4) is 0 Å². The van der Waals surface area contributed by atoms with E-state index < -0.39 is 0 Å². The molecule has 25 heavy (non-hydrogen) atoms. The average molecular weight is 348 g/mol. The smallest absolute Gasteiger partial charge is 0.234 e. The molecule has 0 aromatic heterocycles. The van der Waals surface area contributed by atoms with Crippen LogP contribution in [0.1, 0.15) is 57.8 Å². The van der Waals surface area contributed by atoms with Crippen LogP contribution in [0.15, 0.2) is 0 Å². The number of fused-ring (bicyclic) bond motifs is 4. The molecule has 0 radical (unpaired) electrons. The van der Waals surface area contributed by atoms with E-state index >= 15 is 0 Å². The van der Waals surface area contributed by atoms with Gasteiger partial charge in [0.05, 0.1) is 6.54 Å². The van der Waals surface area contributed by atoms with Crippen molar-refractivity contribution in [3.8, 4) is 0 Å². The summed E-state index contributed by atoms with van der Waals surface area (Å²) < 4.78 is 0. The first-order valence-electron chi connectivity index (χ1n) is 10.5. The Kier molecular flexibility index (Phi) is 5.30. The number of carbonyl (C=O) groups excluding carboxylic acids is 2. The van der Waals surface area contributed by atoms with Crippen LogP contribution in [0, 0.1) is 17.8 Å². The highest BCUT2D eigenvalue weighted by Crippen LogP contribution is 2.37.